The number of unbranched alkanes of at least 4 members (excludes halogenated alkanes) is 1. The third-order valence-electron chi connectivity index (χ3n) is 19.4. The molecule has 17 atom stereocenters. The summed E-state index contributed by atoms with van der Waals surface area (Å²) >= 11 is 4.23. The SMILES string of the molecule is CC(C)C[C@H](NC(=O)[C@H](CC(C)C)NC(=O)[C@H](CCC(=O)O)NC(=O)[C@H](CO)NC(=O)[C@H](CS)NC(=O)[C@@H]1CCCN1C(=O)[C@H](CCCN=C(N)N)NC(=O)[C@@H](N)CCCN=C(N)N)C(=O)N[C@@H](CCCCN)C(=O)N[C@@H](Cc1ccc(O)cc1)C(=O)N[C@@H](CC(C)C)C(=O)N[C@H](C(=O)N[C@H](C(=O)N[C@@H](CC(N)=O)C(=O)N[C@@H](CC(=O)O)C(=O)O)[C@H](C)O)[C@H](C)O. The highest BCUT2D eigenvalue weighted by Crippen LogP contribution is 2.22. The second kappa shape index (κ2) is 56.2. The fourth-order valence-electron chi connectivity index (χ4n) is 12.9. The molecule has 49 heteroatoms. The van der Waals surface area contributed by atoms with Crippen LogP contribution in [0.3, 0.4) is 0 Å². The van der Waals surface area contributed by atoms with Gasteiger partial charge in [-0.1, -0.05) is 53.7 Å². The van der Waals surface area contributed by atoms with Crippen molar-refractivity contribution in [1.82, 2.24) is 74.0 Å². The van der Waals surface area contributed by atoms with Crippen LogP contribution in [-0.2, 0) is 92.7 Å². The number of aliphatic hydroxyl groups is 3. The van der Waals surface area contributed by atoms with Crippen molar-refractivity contribution in [2.45, 2.75) is 267 Å². The zero-order valence-electron chi connectivity index (χ0n) is 71.9. The summed E-state index contributed by atoms with van der Waals surface area (Å²) in [6, 6.07) is -19.5. The summed E-state index contributed by atoms with van der Waals surface area (Å²) in [5.74, 6) is -23.4. The molecule has 34 N–H and O–H groups in total. The third-order valence-corrected chi connectivity index (χ3v) is 19.7. The Bertz CT molecular complexity index is 3930. The number of benzene rings is 1. The lowest BCUT2D eigenvalue weighted by atomic mass is 9.98. The zero-order chi connectivity index (χ0) is 95.5. The second-order valence-electron chi connectivity index (χ2n) is 31.8. The number of amides is 15. The lowest BCUT2D eigenvalue weighted by Crippen LogP contribution is -2.63. The number of aliphatic imine (C=N–C) groups is 2. The van der Waals surface area contributed by atoms with Gasteiger partial charge in [0.2, 0.25) is 88.6 Å². The first-order valence-corrected chi connectivity index (χ1v) is 41.8. The number of carbonyl (C=O) groups excluding carboxylic acids is 15. The quantitative estimate of drug-likeness (QED) is 0.0125. The van der Waals surface area contributed by atoms with Gasteiger partial charge in [0.1, 0.15) is 90.3 Å². The summed E-state index contributed by atoms with van der Waals surface area (Å²) in [6.45, 7) is 11.3. The Kier molecular flexibility index (Phi) is 49.2. The number of phenols is 1. The van der Waals surface area contributed by atoms with E-state index in [1.807, 2.05) is 10.6 Å². The maximum Gasteiger partial charge on any atom is 0.326 e. The Morgan fingerprint density at radius 1 is 0.452 bits per heavy atom. The highest BCUT2D eigenvalue weighted by molar-refractivity contribution is 7.80. The lowest BCUT2D eigenvalue weighted by Gasteiger charge is -2.30. The summed E-state index contributed by atoms with van der Waals surface area (Å²) < 4.78 is 0. The number of carboxylic acid groups (broad SMARTS) is 3. The second-order valence-corrected chi connectivity index (χ2v) is 32.1. The molecule has 0 aliphatic carbocycles. The number of nitrogens with two attached hydrogens (primary N) is 7. The van der Waals surface area contributed by atoms with Gasteiger partial charge in [0.25, 0.3) is 0 Å². The van der Waals surface area contributed by atoms with Crippen molar-refractivity contribution in [3.05, 3.63) is 29.8 Å². The molecule has 1 aromatic rings. The molecule has 126 heavy (non-hydrogen) atoms. The molecule has 1 fully saturated rings. The number of phenolic OH excluding ortho intramolecular Hbond substituents is 1. The number of guanidine groups is 2. The first kappa shape index (κ1) is 110. The van der Waals surface area contributed by atoms with Crippen LogP contribution in [0.1, 0.15) is 164 Å². The van der Waals surface area contributed by atoms with Crippen molar-refractivity contribution in [2.75, 3.05) is 38.5 Å². The molecule has 15 amide bonds. The molecule has 48 nitrogen and oxygen atoms in total. The van der Waals surface area contributed by atoms with Crippen molar-refractivity contribution in [3.63, 3.8) is 0 Å². The number of rotatable bonds is 59. The van der Waals surface area contributed by atoms with Gasteiger partial charge in [0.05, 0.1) is 37.7 Å². The number of nitrogens with one attached hydrogen (secondary N) is 13. The van der Waals surface area contributed by atoms with E-state index in [1.54, 1.807) is 41.5 Å². The first-order chi connectivity index (χ1) is 59.0. The molecule has 1 heterocycles. The van der Waals surface area contributed by atoms with E-state index < -0.39 is 259 Å². The first-order valence-electron chi connectivity index (χ1n) is 41.2. The molecule has 0 radical (unpaired) electrons. The van der Waals surface area contributed by atoms with Gasteiger partial charge in [0, 0.05) is 38.2 Å². The van der Waals surface area contributed by atoms with Gasteiger partial charge >= 0.3 is 17.9 Å². The normalized spacial score (nSPS) is 16.2. The number of likely N-dealkylation sites (tertiary alicyclic amines) is 1. The van der Waals surface area contributed by atoms with E-state index in [0.29, 0.717) is 24.8 Å². The number of hydrogen-bond acceptors (Lipinski definition) is 27. The molecule has 1 aromatic carbocycles. The highest BCUT2D eigenvalue weighted by atomic mass is 32.1. The maximum absolute atomic E-state index is 14.9. The van der Waals surface area contributed by atoms with E-state index in [2.05, 4.69) is 81.1 Å². The Hall–Kier alpha value is -11.8. The average Bonchev–Trinajstić information content (AvgIpc) is 1.63. The number of primary amides is 1. The maximum atomic E-state index is 14.9. The number of aliphatic hydroxyl groups excluding tert-OH is 3. The molecule has 1 aliphatic rings. The van der Waals surface area contributed by atoms with E-state index in [9.17, 15) is 117 Å². The number of aliphatic carboxylic acids is 3. The van der Waals surface area contributed by atoms with Crippen molar-refractivity contribution < 1.29 is 122 Å². The molecule has 0 unspecified atom stereocenters. The average molecular weight is 1810 g/mol. The van der Waals surface area contributed by atoms with Crippen LogP contribution >= 0.6 is 12.6 Å². The molecule has 0 aromatic heterocycles. The van der Waals surface area contributed by atoms with Gasteiger partial charge < -0.3 is 150 Å². The van der Waals surface area contributed by atoms with E-state index in [4.69, 9.17) is 45.2 Å². The zero-order valence-corrected chi connectivity index (χ0v) is 72.8. The third kappa shape index (κ3) is 40.9. The largest absolute Gasteiger partial charge is 0.508 e. The smallest absolute Gasteiger partial charge is 0.326 e. The number of carboxylic acids is 3. The van der Waals surface area contributed by atoms with Crippen LogP contribution in [0.4, 0.5) is 0 Å². The Labute approximate surface area is 733 Å². The van der Waals surface area contributed by atoms with Gasteiger partial charge in [-0.3, -0.25) is 91.5 Å². The Morgan fingerprint density at radius 2 is 0.849 bits per heavy atom. The molecule has 2 rings (SSSR count). The van der Waals surface area contributed by atoms with Crippen LogP contribution in [0.2, 0.25) is 0 Å². The van der Waals surface area contributed by atoms with Gasteiger partial charge in [-0.05, 0) is 139 Å². The minimum Gasteiger partial charge on any atom is -0.508 e. The Balaban J connectivity index is 2.52. The fourth-order valence-corrected chi connectivity index (χ4v) is 13.1. The number of hydrogen-bond donors (Lipinski definition) is 28. The summed E-state index contributed by atoms with van der Waals surface area (Å²) in [6.07, 6.45) is -6.76. The van der Waals surface area contributed by atoms with Crippen LogP contribution in [-0.4, -0.2) is 300 Å². The molecule has 1 aliphatic heterocycles. The van der Waals surface area contributed by atoms with Crippen LogP contribution < -0.4 is 109 Å². The van der Waals surface area contributed by atoms with Crippen LogP contribution in [0.15, 0.2) is 34.3 Å². The van der Waals surface area contributed by atoms with Crippen LogP contribution in [0, 0.1) is 17.8 Å². The minimum absolute atomic E-state index is 0.000129. The molecule has 0 bridgehead atoms. The highest BCUT2D eigenvalue weighted by Gasteiger charge is 2.43. The summed E-state index contributed by atoms with van der Waals surface area (Å²) in [5, 5.41) is 102. The molecule has 708 valence electrons. The summed E-state index contributed by atoms with van der Waals surface area (Å²) in [7, 11) is 0. The van der Waals surface area contributed by atoms with E-state index >= 15 is 0 Å². The van der Waals surface area contributed by atoms with Gasteiger partial charge in [-0.25, -0.2) is 4.79 Å². The molecular weight excluding hydrogens is 1680 g/mol. The molecular formula is C77H129N23O25S. The monoisotopic (exact) mass is 1810 g/mol. The predicted octanol–water partition coefficient (Wildman–Crippen LogP) is -9.09. The van der Waals surface area contributed by atoms with Crippen molar-refractivity contribution in [2.24, 2.45) is 67.9 Å². The van der Waals surface area contributed by atoms with Gasteiger partial charge in [-0.2, -0.15) is 12.6 Å². The fraction of sp³-hybridized carbons (Fsp3) is 0.662. The van der Waals surface area contributed by atoms with Crippen molar-refractivity contribution in [1.29, 1.82) is 0 Å². The topological polar surface area (TPSA) is 815 Å². The molecule has 0 spiro atoms. The number of aromatic hydroxyl groups is 1. The van der Waals surface area contributed by atoms with Crippen molar-refractivity contribution >= 4 is 131 Å². The Morgan fingerprint density at radius 3 is 1.30 bits per heavy atom. The van der Waals surface area contributed by atoms with Crippen LogP contribution in [0.25, 0.3) is 0 Å². The standard InChI is InChI=1S/C77H129N23O25S/c1-36(2)28-47(91-65(114)48(29-37(3)4)90-63(112)45(22-23-57(106)107)88-69(118)53(34-101)96-70(119)54(35-126)97-71(120)55-17-13-27-100(55)74(123)46(16-12-26-86-77(83)84)89-61(110)43(79)14-11-25-85-76(81)82)64(113)87-44(15-9-10-24-78)62(111)93-50(31-41-18-20-42(104)21-19-41)66(115)92-49(30-38(5)6)68(117)98-60(40(8)103)73(122)99-59(39(7)102)72(121)94-51(32-56(80)105)67(116)95-52(75(124)125)33-58(108)109/h18-21,36-40,43-55,59-60,101-104,126H,9-17,22-35,78-79H2,1-8H3,(H2,80,105)(H,87,113)(H,88,118)(H,89,110)(H,90,112)(H,91,114)(H,92,115)(H,93,111)(H,94,121)(H,95,116)(H,96,119)(H,97,120)(H,98,117)(H,99,122)(H,106,107)(H,108,109)(H,124,125)(H4,81,82,85)(H4,83,84,86)/t39-,40-,43-,44-,45-,46-,47-,48-,49-,50-,51-,52-,53-,54-,55-,59-,60-/m0/s1. The molecule has 1 saturated heterocycles. The van der Waals surface area contributed by atoms with E-state index in [0.717, 1.165) is 13.8 Å². The number of nitrogens with zero attached hydrogens (tertiary/aromatic N) is 3. The van der Waals surface area contributed by atoms with E-state index in [1.165, 1.54) is 29.2 Å². The van der Waals surface area contributed by atoms with E-state index in [-0.39, 0.29) is 114 Å². The minimum atomic E-state index is -2.08. The summed E-state index contributed by atoms with van der Waals surface area (Å²) in [5.41, 5.74) is 39.3. The predicted molar refractivity (Wildman–Crippen MR) is 456 cm³/mol. The van der Waals surface area contributed by atoms with Crippen molar-refractivity contribution in [3.8, 4) is 5.75 Å². The van der Waals surface area contributed by atoms with Gasteiger partial charge in [-0.15, -0.1) is 0 Å². The van der Waals surface area contributed by atoms with Crippen LogP contribution in [0.5, 0.6) is 5.75 Å². The number of carbonyl (C=O) groups is 18. The van der Waals surface area contributed by atoms with Gasteiger partial charge in [0.15, 0.2) is 11.9 Å². The lowest BCUT2D eigenvalue weighted by molar-refractivity contribution is -0.147. The summed E-state index contributed by atoms with van der Waals surface area (Å²) in [4.78, 5) is 254. The molecule has 0 saturated carbocycles. The number of thiol groups is 1.